The Balaban J connectivity index is 1.67. The molecule has 0 spiro atoms. The van der Waals surface area contributed by atoms with Crippen LogP contribution in [0, 0.1) is 5.92 Å². The predicted molar refractivity (Wildman–Crippen MR) is 158 cm³/mol. The van der Waals surface area contributed by atoms with E-state index in [0.29, 0.717) is 5.75 Å². The van der Waals surface area contributed by atoms with Crippen molar-refractivity contribution in [2.75, 3.05) is 38.6 Å². The van der Waals surface area contributed by atoms with E-state index >= 15 is 0 Å². The van der Waals surface area contributed by atoms with Gasteiger partial charge in [0, 0.05) is 25.2 Å². The number of aliphatic hydroxyl groups excluding tert-OH is 1. The molecule has 226 valence electrons. The number of nitrogens with zero attached hydrogens (tertiary/aromatic N) is 2. The zero-order valence-corrected chi connectivity index (χ0v) is 25.4. The summed E-state index contributed by atoms with van der Waals surface area (Å²) in [5, 5.41) is 9.90. The third-order valence-corrected chi connectivity index (χ3v) is 10.4. The van der Waals surface area contributed by atoms with Crippen molar-refractivity contribution in [3.63, 3.8) is 0 Å². The maximum Gasteiger partial charge on any atom is 0.261 e. The quantitative estimate of drug-likeness (QED) is 0.354. The van der Waals surface area contributed by atoms with Gasteiger partial charge in [0.05, 0.1) is 41.7 Å². The summed E-state index contributed by atoms with van der Waals surface area (Å²) in [4.78, 5) is 15.3. The molecule has 0 unspecified atom stereocenters. The van der Waals surface area contributed by atoms with Crippen molar-refractivity contribution >= 4 is 31.6 Å². The number of likely N-dealkylation sites (N-methyl/N-ethyl adjacent to an activating group) is 1. The Hall–Kier alpha value is -3.65. The van der Waals surface area contributed by atoms with Crippen molar-refractivity contribution in [2.45, 2.75) is 35.8 Å². The molecule has 0 saturated carbocycles. The largest absolute Gasteiger partial charge is 0.497 e. The first-order valence-corrected chi connectivity index (χ1v) is 16.2. The molecule has 3 aromatic carbocycles. The maximum atomic E-state index is 13.7. The van der Waals surface area contributed by atoms with Crippen LogP contribution < -0.4 is 14.2 Å². The van der Waals surface area contributed by atoms with Crippen LogP contribution in [-0.2, 0) is 20.0 Å². The topological polar surface area (TPSA) is 143 Å². The van der Waals surface area contributed by atoms with Crippen LogP contribution in [0.5, 0.6) is 11.5 Å². The van der Waals surface area contributed by atoms with Gasteiger partial charge in [-0.3, -0.25) is 9.52 Å². The molecule has 0 aromatic heterocycles. The lowest BCUT2D eigenvalue weighted by Crippen LogP contribution is -2.50. The minimum atomic E-state index is -3.93. The molecule has 13 heteroatoms. The molecule has 1 heterocycles. The lowest BCUT2D eigenvalue weighted by Gasteiger charge is -2.38. The second kappa shape index (κ2) is 12.7. The summed E-state index contributed by atoms with van der Waals surface area (Å²) in [7, 11) is -4.86. The van der Waals surface area contributed by atoms with E-state index < -0.39 is 38.1 Å². The molecule has 1 aliphatic heterocycles. The maximum absolute atomic E-state index is 13.7. The van der Waals surface area contributed by atoms with Gasteiger partial charge >= 0.3 is 0 Å². The second-order valence-electron chi connectivity index (χ2n) is 10.2. The molecule has 0 saturated heterocycles. The van der Waals surface area contributed by atoms with Crippen LogP contribution >= 0.6 is 0 Å². The van der Waals surface area contributed by atoms with Crippen molar-refractivity contribution in [1.82, 2.24) is 9.21 Å². The van der Waals surface area contributed by atoms with Crippen molar-refractivity contribution in [3.05, 3.63) is 78.4 Å². The van der Waals surface area contributed by atoms with Gasteiger partial charge in [0.25, 0.3) is 15.9 Å². The number of rotatable bonds is 10. The molecule has 1 amide bonds. The van der Waals surface area contributed by atoms with Crippen LogP contribution in [0.1, 0.15) is 24.2 Å². The number of hydrogen-bond acceptors (Lipinski definition) is 8. The lowest BCUT2D eigenvalue weighted by atomic mass is 9.99. The van der Waals surface area contributed by atoms with E-state index in [1.54, 1.807) is 37.3 Å². The van der Waals surface area contributed by atoms with E-state index in [1.165, 1.54) is 65.8 Å². The smallest absolute Gasteiger partial charge is 0.261 e. The number of benzene rings is 3. The van der Waals surface area contributed by atoms with Crippen LogP contribution in [0.2, 0.25) is 0 Å². The molecule has 3 atom stereocenters. The molecule has 1 aliphatic rings. The van der Waals surface area contributed by atoms with E-state index in [9.17, 15) is 26.7 Å². The summed E-state index contributed by atoms with van der Waals surface area (Å²) in [5.41, 5.74) is 0.233. The Morgan fingerprint density at radius 2 is 1.71 bits per heavy atom. The SMILES string of the molecule is COc1ccc(S(=O)(=O)N(C)C[C@@H]2Oc3ccc(NS(=O)(=O)c4ccccc4)cc3C(=O)N([C@H](C)CO)C[C@@H]2C)cc1. The van der Waals surface area contributed by atoms with Crippen LogP contribution in [0.25, 0.3) is 0 Å². The molecule has 3 aromatic rings. The van der Waals surface area contributed by atoms with E-state index in [2.05, 4.69) is 4.72 Å². The molecule has 42 heavy (non-hydrogen) atoms. The predicted octanol–water partition coefficient (Wildman–Crippen LogP) is 3.04. The monoisotopic (exact) mass is 617 g/mol. The Morgan fingerprint density at radius 3 is 2.33 bits per heavy atom. The number of aliphatic hydroxyl groups is 1. The van der Waals surface area contributed by atoms with Crippen LogP contribution in [0.3, 0.4) is 0 Å². The fraction of sp³-hybridized carbons (Fsp3) is 0.345. The Bertz CT molecular complexity index is 1610. The van der Waals surface area contributed by atoms with Crippen LogP contribution in [0.4, 0.5) is 5.69 Å². The third kappa shape index (κ3) is 6.70. The highest BCUT2D eigenvalue weighted by atomic mass is 32.2. The lowest BCUT2D eigenvalue weighted by molar-refractivity contribution is 0.0387. The fourth-order valence-corrected chi connectivity index (χ4v) is 6.85. The minimum absolute atomic E-state index is 0.0348. The standard InChI is InChI=1S/C29H35N3O8S2/c1-20-17-32(21(2)19-33)29(34)26-16-22(30-41(35,36)24-8-6-5-7-9-24)10-15-27(26)40-28(20)18-31(3)42(37,38)25-13-11-23(39-4)12-14-25/h5-16,20-21,28,30,33H,17-19H2,1-4H3/t20-,21+,28-/m0/s1. The first-order valence-electron chi connectivity index (χ1n) is 13.3. The Labute approximate surface area is 246 Å². The van der Waals surface area contributed by atoms with Crippen molar-refractivity contribution in [2.24, 2.45) is 5.92 Å². The molecule has 0 radical (unpaired) electrons. The molecule has 11 nitrogen and oxygen atoms in total. The van der Waals surface area contributed by atoms with Crippen molar-refractivity contribution in [3.8, 4) is 11.5 Å². The molecule has 2 N–H and O–H groups in total. The number of hydrogen-bond donors (Lipinski definition) is 2. The number of carbonyl (C=O) groups is 1. The zero-order valence-electron chi connectivity index (χ0n) is 23.8. The normalized spacial score (nSPS) is 18.4. The molecular weight excluding hydrogens is 582 g/mol. The highest BCUT2D eigenvalue weighted by Crippen LogP contribution is 2.32. The van der Waals surface area contributed by atoms with E-state index in [1.807, 2.05) is 6.92 Å². The molecule has 0 aliphatic carbocycles. The number of methoxy groups -OCH3 is 1. The zero-order chi connectivity index (χ0) is 30.7. The molecule has 0 fully saturated rings. The number of sulfonamides is 2. The molecular formula is C29H35N3O8S2. The number of carbonyl (C=O) groups excluding carboxylic acids is 1. The van der Waals surface area contributed by atoms with Crippen molar-refractivity contribution in [1.29, 1.82) is 0 Å². The first kappa shape index (κ1) is 31.3. The summed E-state index contributed by atoms with van der Waals surface area (Å²) in [5.74, 6) is -0.0827. The average Bonchev–Trinajstić information content (AvgIpc) is 2.99. The number of fused-ring (bicyclic) bond motifs is 1. The van der Waals surface area contributed by atoms with Gasteiger partial charge in [0.1, 0.15) is 17.6 Å². The first-order chi connectivity index (χ1) is 19.9. The number of ether oxygens (including phenoxy) is 2. The Kier molecular flexibility index (Phi) is 9.46. The van der Waals surface area contributed by atoms with E-state index in [-0.39, 0.29) is 52.4 Å². The summed E-state index contributed by atoms with van der Waals surface area (Å²) >= 11 is 0. The summed E-state index contributed by atoms with van der Waals surface area (Å²) in [6, 6.07) is 17.7. The highest BCUT2D eigenvalue weighted by molar-refractivity contribution is 7.92. The van der Waals surface area contributed by atoms with Gasteiger partial charge in [-0.25, -0.2) is 16.8 Å². The Morgan fingerprint density at radius 1 is 1.05 bits per heavy atom. The third-order valence-electron chi connectivity index (χ3n) is 7.18. The highest BCUT2D eigenvalue weighted by Gasteiger charge is 2.35. The van der Waals surface area contributed by atoms with Gasteiger partial charge in [-0.2, -0.15) is 4.31 Å². The molecule has 0 bridgehead atoms. The summed E-state index contributed by atoms with van der Waals surface area (Å²) < 4.78 is 67.6. The van der Waals surface area contributed by atoms with Gasteiger partial charge in [0.2, 0.25) is 10.0 Å². The van der Waals surface area contributed by atoms with Crippen LogP contribution in [-0.4, -0.2) is 83.1 Å². The van der Waals surface area contributed by atoms with Gasteiger partial charge in [-0.1, -0.05) is 25.1 Å². The average molecular weight is 618 g/mol. The van der Waals surface area contributed by atoms with Gasteiger partial charge < -0.3 is 19.5 Å². The fourth-order valence-electron chi connectivity index (χ4n) is 4.60. The van der Waals surface area contributed by atoms with Gasteiger partial charge in [0.15, 0.2) is 0 Å². The van der Waals surface area contributed by atoms with E-state index in [0.717, 1.165) is 0 Å². The number of anilines is 1. The van der Waals surface area contributed by atoms with Crippen LogP contribution in [0.15, 0.2) is 82.6 Å². The number of nitrogens with one attached hydrogen (secondary N) is 1. The van der Waals surface area contributed by atoms with E-state index in [4.69, 9.17) is 9.47 Å². The second-order valence-corrected chi connectivity index (χ2v) is 13.9. The summed E-state index contributed by atoms with van der Waals surface area (Å²) in [6.45, 7) is 3.37. The molecule has 4 rings (SSSR count). The van der Waals surface area contributed by atoms with Gasteiger partial charge in [-0.05, 0) is 61.5 Å². The number of amides is 1. The minimum Gasteiger partial charge on any atom is -0.497 e. The summed E-state index contributed by atoms with van der Waals surface area (Å²) in [6.07, 6.45) is -0.685. The van der Waals surface area contributed by atoms with Gasteiger partial charge in [-0.15, -0.1) is 0 Å². The van der Waals surface area contributed by atoms with Crippen molar-refractivity contribution < 1.29 is 36.2 Å².